The summed E-state index contributed by atoms with van der Waals surface area (Å²) in [4.78, 5) is 30.5. The Kier molecular flexibility index (Phi) is 3.88. The number of nitrogens with zero attached hydrogens (tertiary/aromatic N) is 4. The lowest BCUT2D eigenvalue weighted by molar-refractivity contribution is 0.241. The summed E-state index contributed by atoms with van der Waals surface area (Å²) in [5, 5.41) is 0. The molecule has 0 bridgehead atoms. The van der Waals surface area contributed by atoms with Crippen molar-refractivity contribution in [3.8, 4) is 11.4 Å². The van der Waals surface area contributed by atoms with Crippen molar-refractivity contribution in [3.05, 3.63) is 76.2 Å². The van der Waals surface area contributed by atoms with Crippen LogP contribution in [0, 0.1) is 0 Å². The summed E-state index contributed by atoms with van der Waals surface area (Å²) in [5.41, 5.74) is 3.64. The molecule has 1 N–H and O–H groups in total. The van der Waals surface area contributed by atoms with Gasteiger partial charge in [-0.25, -0.2) is 4.98 Å². The Morgan fingerprint density at radius 3 is 2.79 bits per heavy atom. The van der Waals surface area contributed by atoms with Gasteiger partial charge >= 0.3 is 0 Å². The molecule has 0 saturated heterocycles. The highest BCUT2D eigenvalue weighted by atomic mass is 16.1. The number of aromatic amines is 1. The summed E-state index contributed by atoms with van der Waals surface area (Å²) in [6.07, 6.45) is 7.81. The third-order valence-electron chi connectivity index (χ3n) is 4.23. The van der Waals surface area contributed by atoms with Gasteiger partial charge in [-0.15, -0.1) is 0 Å². The van der Waals surface area contributed by atoms with E-state index in [0.717, 1.165) is 41.9 Å². The lowest BCUT2D eigenvalue weighted by Crippen LogP contribution is -2.35. The monoisotopic (exact) mass is 319 g/mol. The lowest BCUT2D eigenvalue weighted by Gasteiger charge is -2.27. The molecule has 0 aliphatic carbocycles. The smallest absolute Gasteiger partial charge is 0.255 e. The number of nitrogens with one attached hydrogen (secondary N) is 1. The van der Waals surface area contributed by atoms with Gasteiger partial charge in [0.1, 0.15) is 5.82 Å². The number of hydrogen-bond donors (Lipinski definition) is 1. The average Bonchev–Trinajstić information content (AvgIpc) is 2.64. The fourth-order valence-electron chi connectivity index (χ4n) is 3.01. The Morgan fingerprint density at radius 1 is 1.12 bits per heavy atom. The molecule has 6 heteroatoms. The molecule has 24 heavy (non-hydrogen) atoms. The van der Waals surface area contributed by atoms with E-state index in [-0.39, 0.29) is 5.56 Å². The topological polar surface area (TPSA) is 74.8 Å². The molecule has 0 fully saturated rings. The second-order valence-electron chi connectivity index (χ2n) is 5.90. The highest BCUT2D eigenvalue weighted by Crippen LogP contribution is 2.19. The molecule has 0 unspecified atom stereocenters. The van der Waals surface area contributed by atoms with E-state index in [0.29, 0.717) is 12.4 Å². The molecule has 120 valence electrons. The summed E-state index contributed by atoms with van der Waals surface area (Å²) in [7, 11) is 0. The highest BCUT2D eigenvalue weighted by molar-refractivity contribution is 5.54. The number of fused-ring (bicyclic) bond motifs is 1. The fraction of sp³-hybridized carbons (Fsp3) is 0.222. The van der Waals surface area contributed by atoms with Crippen molar-refractivity contribution in [2.45, 2.75) is 19.5 Å². The lowest BCUT2D eigenvalue weighted by atomic mass is 10.1. The van der Waals surface area contributed by atoms with Crippen LogP contribution in [0.3, 0.4) is 0 Å². The molecule has 0 saturated carbocycles. The number of rotatable bonds is 3. The second kappa shape index (κ2) is 6.33. The van der Waals surface area contributed by atoms with Gasteiger partial charge in [-0.1, -0.05) is 6.07 Å². The van der Waals surface area contributed by atoms with Gasteiger partial charge in [-0.3, -0.25) is 19.7 Å². The Labute approximate surface area is 139 Å². The van der Waals surface area contributed by atoms with Gasteiger partial charge < -0.3 is 4.98 Å². The molecule has 3 aromatic heterocycles. The van der Waals surface area contributed by atoms with Crippen molar-refractivity contribution in [2.75, 3.05) is 6.54 Å². The van der Waals surface area contributed by atoms with Crippen molar-refractivity contribution >= 4 is 0 Å². The van der Waals surface area contributed by atoms with Crippen LogP contribution in [0.25, 0.3) is 11.4 Å². The molecule has 0 aromatic carbocycles. The Bertz CT molecular complexity index is 892. The van der Waals surface area contributed by atoms with Crippen molar-refractivity contribution in [1.29, 1.82) is 0 Å². The molecule has 0 amide bonds. The minimum atomic E-state index is -0.0531. The van der Waals surface area contributed by atoms with Crippen molar-refractivity contribution in [1.82, 2.24) is 24.8 Å². The molecule has 0 spiro atoms. The molecule has 4 heterocycles. The molecule has 4 rings (SSSR count). The molecular formula is C18H17N5O. The standard InChI is InChI=1S/C18H17N5O/c24-18-15-12-23(11-13-2-1-6-20-10-13)9-5-16(15)21-17(22-18)14-3-7-19-8-4-14/h1-4,6-8,10H,5,9,11-12H2,(H,21,22,24). The first kappa shape index (κ1) is 14.7. The van der Waals surface area contributed by atoms with Crippen LogP contribution in [0.1, 0.15) is 16.8 Å². The van der Waals surface area contributed by atoms with Gasteiger partial charge in [0, 0.05) is 56.4 Å². The maximum atomic E-state index is 12.5. The van der Waals surface area contributed by atoms with Crippen molar-refractivity contribution < 1.29 is 0 Å². The molecule has 1 aliphatic heterocycles. The van der Waals surface area contributed by atoms with E-state index in [2.05, 4.69) is 30.9 Å². The van der Waals surface area contributed by atoms with E-state index in [1.807, 2.05) is 24.4 Å². The average molecular weight is 319 g/mol. The van der Waals surface area contributed by atoms with Gasteiger partial charge in [-0.05, 0) is 23.8 Å². The summed E-state index contributed by atoms with van der Waals surface area (Å²) in [5.74, 6) is 0.613. The van der Waals surface area contributed by atoms with Crippen LogP contribution in [0.2, 0.25) is 0 Å². The van der Waals surface area contributed by atoms with Crippen LogP contribution >= 0.6 is 0 Å². The Morgan fingerprint density at radius 2 is 2.00 bits per heavy atom. The molecular weight excluding hydrogens is 302 g/mol. The van der Waals surface area contributed by atoms with Crippen LogP contribution in [0.5, 0.6) is 0 Å². The zero-order valence-corrected chi connectivity index (χ0v) is 13.1. The van der Waals surface area contributed by atoms with Gasteiger partial charge in [-0.2, -0.15) is 0 Å². The van der Waals surface area contributed by atoms with Crippen molar-refractivity contribution in [3.63, 3.8) is 0 Å². The van der Waals surface area contributed by atoms with Crippen LogP contribution < -0.4 is 5.56 Å². The molecule has 0 radical (unpaired) electrons. The van der Waals surface area contributed by atoms with E-state index < -0.39 is 0 Å². The molecule has 0 atom stereocenters. The van der Waals surface area contributed by atoms with Crippen molar-refractivity contribution in [2.24, 2.45) is 0 Å². The first-order valence-corrected chi connectivity index (χ1v) is 7.93. The summed E-state index contributed by atoms with van der Waals surface area (Å²) in [6.45, 7) is 2.29. The third kappa shape index (κ3) is 2.96. The Hall–Kier alpha value is -2.86. The first-order chi connectivity index (χ1) is 11.8. The zero-order chi connectivity index (χ0) is 16.4. The maximum absolute atomic E-state index is 12.5. The quantitative estimate of drug-likeness (QED) is 0.796. The van der Waals surface area contributed by atoms with E-state index in [4.69, 9.17) is 0 Å². The SMILES string of the molecule is O=c1[nH]c(-c2ccncc2)nc2c1CN(Cc1cccnc1)CC2. The number of H-pyrrole nitrogens is 1. The minimum absolute atomic E-state index is 0.0531. The van der Waals surface area contributed by atoms with Crippen LogP contribution in [0.4, 0.5) is 0 Å². The zero-order valence-electron chi connectivity index (χ0n) is 13.1. The van der Waals surface area contributed by atoms with Crippen LogP contribution in [0.15, 0.2) is 53.8 Å². The van der Waals surface area contributed by atoms with Crippen LogP contribution in [-0.4, -0.2) is 31.4 Å². The molecule has 3 aromatic rings. The van der Waals surface area contributed by atoms with E-state index in [1.54, 1.807) is 18.6 Å². The number of pyridine rings is 2. The molecule has 6 nitrogen and oxygen atoms in total. The van der Waals surface area contributed by atoms with E-state index in [1.165, 1.54) is 0 Å². The third-order valence-corrected chi connectivity index (χ3v) is 4.23. The van der Waals surface area contributed by atoms with Gasteiger partial charge in [0.15, 0.2) is 0 Å². The van der Waals surface area contributed by atoms with E-state index >= 15 is 0 Å². The van der Waals surface area contributed by atoms with Gasteiger partial charge in [0.2, 0.25) is 0 Å². The highest BCUT2D eigenvalue weighted by Gasteiger charge is 2.21. The Balaban J connectivity index is 1.60. The van der Waals surface area contributed by atoms with E-state index in [9.17, 15) is 4.79 Å². The predicted molar refractivity (Wildman–Crippen MR) is 90.1 cm³/mol. The van der Waals surface area contributed by atoms with Gasteiger partial charge in [0.25, 0.3) is 5.56 Å². The summed E-state index contributed by atoms with van der Waals surface area (Å²) in [6, 6.07) is 7.69. The summed E-state index contributed by atoms with van der Waals surface area (Å²) >= 11 is 0. The maximum Gasteiger partial charge on any atom is 0.255 e. The first-order valence-electron chi connectivity index (χ1n) is 7.93. The van der Waals surface area contributed by atoms with Gasteiger partial charge in [0.05, 0.1) is 11.3 Å². The fourth-order valence-corrected chi connectivity index (χ4v) is 3.01. The molecule has 1 aliphatic rings. The number of hydrogen-bond acceptors (Lipinski definition) is 5. The largest absolute Gasteiger partial charge is 0.306 e. The second-order valence-corrected chi connectivity index (χ2v) is 5.90. The normalized spacial score (nSPS) is 14.3. The number of aromatic nitrogens is 4. The minimum Gasteiger partial charge on any atom is -0.306 e. The van der Waals surface area contributed by atoms with Crippen LogP contribution in [-0.2, 0) is 19.5 Å². The summed E-state index contributed by atoms with van der Waals surface area (Å²) < 4.78 is 0. The predicted octanol–water partition coefficient (Wildman–Crippen LogP) is 1.79.